The smallest absolute Gasteiger partial charge is 0.409 e. The number of fused-ring (bicyclic) bond motifs is 1. The van der Waals surface area contributed by atoms with Crippen molar-refractivity contribution in [2.75, 3.05) is 32.9 Å². The Balaban J connectivity index is 1.58. The second-order valence-corrected chi connectivity index (χ2v) is 5.76. The molecule has 1 N–H and O–H groups in total. The van der Waals surface area contributed by atoms with E-state index in [1.807, 2.05) is 0 Å². The Labute approximate surface area is 140 Å². The van der Waals surface area contributed by atoms with Crippen LogP contribution in [0.2, 0.25) is 0 Å². The van der Waals surface area contributed by atoms with Gasteiger partial charge in [0.25, 0.3) is 5.91 Å². The third kappa shape index (κ3) is 3.55. The number of ether oxygens (including phenoxy) is 3. The van der Waals surface area contributed by atoms with Crippen molar-refractivity contribution < 1.29 is 23.8 Å². The molecule has 1 aromatic carbocycles. The van der Waals surface area contributed by atoms with Gasteiger partial charge in [-0.2, -0.15) is 0 Å². The summed E-state index contributed by atoms with van der Waals surface area (Å²) in [5, 5.41) is 3.02. The number of para-hydroxylation sites is 1. The monoisotopic (exact) mass is 334 g/mol. The summed E-state index contributed by atoms with van der Waals surface area (Å²) in [5.74, 6) is 0.933. The molecule has 3 rings (SSSR count). The second-order valence-electron chi connectivity index (χ2n) is 5.76. The summed E-state index contributed by atoms with van der Waals surface area (Å²) in [6.45, 7) is 4.25. The molecule has 130 valence electrons. The number of hydrogen-bond acceptors (Lipinski definition) is 5. The van der Waals surface area contributed by atoms with E-state index in [1.54, 1.807) is 30.0 Å². The van der Waals surface area contributed by atoms with E-state index in [4.69, 9.17) is 14.2 Å². The highest BCUT2D eigenvalue weighted by Gasteiger charge is 2.26. The molecule has 24 heavy (non-hydrogen) atoms. The molecule has 0 bridgehead atoms. The molecule has 0 spiro atoms. The van der Waals surface area contributed by atoms with E-state index in [0.29, 0.717) is 62.8 Å². The van der Waals surface area contributed by atoms with E-state index in [2.05, 4.69) is 5.32 Å². The molecule has 1 fully saturated rings. The molecule has 2 heterocycles. The molecule has 0 radical (unpaired) electrons. The van der Waals surface area contributed by atoms with Crippen LogP contribution in [0.15, 0.2) is 18.2 Å². The molecular weight excluding hydrogens is 312 g/mol. The molecule has 1 saturated heterocycles. The summed E-state index contributed by atoms with van der Waals surface area (Å²) in [6.07, 6.45) is 1.12. The van der Waals surface area contributed by atoms with Crippen LogP contribution >= 0.6 is 0 Å². The third-order valence-corrected chi connectivity index (χ3v) is 4.17. The molecule has 7 nitrogen and oxygen atoms in total. The van der Waals surface area contributed by atoms with Crippen molar-refractivity contribution in [2.45, 2.75) is 25.8 Å². The van der Waals surface area contributed by atoms with Crippen molar-refractivity contribution in [3.05, 3.63) is 23.8 Å². The minimum atomic E-state index is -0.287. The Bertz CT molecular complexity index is 611. The minimum absolute atomic E-state index is 0.0311. The fourth-order valence-electron chi connectivity index (χ4n) is 2.94. The molecule has 0 aromatic heterocycles. The number of rotatable bonds is 3. The first kappa shape index (κ1) is 16.4. The molecule has 1 aromatic rings. The highest BCUT2D eigenvalue weighted by molar-refractivity contribution is 5.98. The van der Waals surface area contributed by atoms with E-state index in [-0.39, 0.29) is 18.0 Å². The summed E-state index contributed by atoms with van der Waals surface area (Å²) in [6, 6.07) is 5.34. The summed E-state index contributed by atoms with van der Waals surface area (Å²) in [4.78, 5) is 25.9. The second kappa shape index (κ2) is 7.42. The number of nitrogens with one attached hydrogen (secondary N) is 1. The van der Waals surface area contributed by atoms with Gasteiger partial charge in [0.2, 0.25) is 0 Å². The maximum absolute atomic E-state index is 12.6. The number of nitrogens with zero attached hydrogens (tertiary/aromatic N) is 1. The van der Waals surface area contributed by atoms with Crippen molar-refractivity contribution in [3.8, 4) is 11.5 Å². The van der Waals surface area contributed by atoms with Gasteiger partial charge in [0.15, 0.2) is 11.5 Å². The van der Waals surface area contributed by atoms with Crippen molar-refractivity contribution in [1.82, 2.24) is 10.2 Å². The molecule has 0 atom stereocenters. The zero-order valence-corrected chi connectivity index (χ0v) is 13.7. The largest absolute Gasteiger partial charge is 0.486 e. The van der Waals surface area contributed by atoms with Gasteiger partial charge in [0, 0.05) is 19.1 Å². The molecular formula is C17H22N2O5. The lowest BCUT2D eigenvalue weighted by atomic mass is 10.0. The first-order chi connectivity index (χ1) is 11.7. The van der Waals surface area contributed by atoms with Crippen LogP contribution in [-0.4, -0.2) is 55.9 Å². The van der Waals surface area contributed by atoms with Gasteiger partial charge in [-0.25, -0.2) is 4.79 Å². The van der Waals surface area contributed by atoms with Gasteiger partial charge < -0.3 is 24.4 Å². The summed E-state index contributed by atoms with van der Waals surface area (Å²) in [7, 11) is 0. The fourth-order valence-corrected chi connectivity index (χ4v) is 2.94. The van der Waals surface area contributed by atoms with Crippen molar-refractivity contribution in [3.63, 3.8) is 0 Å². The average molecular weight is 334 g/mol. The van der Waals surface area contributed by atoms with Crippen molar-refractivity contribution in [1.29, 1.82) is 0 Å². The number of benzene rings is 1. The lowest BCUT2D eigenvalue weighted by Gasteiger charge is -2.31. The molecule has 0 aliphatic carbocycles. The van der Waals surface area contributed by atoms with Crippen molar-refractivity contribution in [2.24, 2.45) is 0 Å². The lowest BCUT2D eigenvalue weighted by Crippen LogP contribution is -2.46. The van der Waals surface area contributed by atoms with Gasteiger partial charge in [0.1, 0.15) is 13.2 Å². The number of likely N-dealkylation sites (tertiary alicyclic amines) is 1. The van der Waals surface area contributed by atoms with Crippen LogP contribution in [0.5, 0.6) is 11.5 Å². The predicted octanol–water partition coefficient (Wildman–Crippen LogP) is 1.81. The van der Waals surface area contributed by atoms with Crippen LogP contribution in [0.25, 0.3) is 0 Å². The highest BCUT2D eigenvalue weighted by Crippen LogP contribution is 2.33. The van der Waals surface area contributed by atoms with E-state index in [9.17, 15) is 9.59 Å². The lowest BCUT2D eigenvalue weighted by molar-refractivity contribution is 0.0853. The maximum Gasteiger partial charge on any atom is 0.409 e. The Morgan fingerprint density at radius 2 is 2.00 bits per heavy atom. The van der Waals surface area contributed by atoms with Crippen LogP contribution in [0.1, 0.15) is 30.1 Å². The number of amides is 2. The molecule has 0 unspecified atom stereocenters. The molecule has 7 heteroatoms. The standard InChI is InChI=1S/C17H22N2O5/c1-2-22-17(21)19-8-6-12(7-9-19)18-16(20)13-4-3-5-14-15(13)24-11-10-23-14/h3-5,12H,2,6-11H2,1H3,(H,18,20). The van der Waals surface area contributed by atoms with Crippen LogP contribution in [0.4, 0.5) is 4.79 Å². The van der Waals surface area contributed by atoms with E-state index in [0.717, 1.165) is 0 Å². The third-order valence-electron chi connectivity index (χ3n) is 4.17. The Hall–Kier alpha value is -2.44. The summed E-state index contributed by atoms with van der Waals surface area (Å²) in [5.41, 5.74) is 0.486. The summed E-state index contributed by atoms with van der Waals surface area (Å²) >= 11 is 0. The first-order valence-corrected chi connectivity index (χ1v) is 8.30. The maximum atomic E-state index is 12.6. The normalized spacial score (nSPS) is 17.3. The fraction of sp³-hybridized carbons (Fsp3) is 0.529. The quantitative estimate of drug-likeness (QED) is 0.912. The van der Waals surface area contributed by atoms with Gasteiger partial charge in [-0.3, -0.25) is 4.79 Å². The predicted molar refractivity (Wildman–Crippen MR) is 86.5 cm³/mol. The van der Waals surface area contributed by atoms with Crippen LogP contribution in [0.3, 0.4) is 0 Å². The van der Waals surface area contributed by atoms with Crippen LogP contribution < -0.4 is 14.8 Å². The summed E-state index contributed by atoms with van der Waals surface area (Å²) < 4.78 is 16.1. The average Bonchev–Trinajstić information content (AvgIpc) is 2.62. The SMILES string of the molecule is CCOC(=O)N1CCC(NC(=O)c2cccc3c2OCCO3)CC1. The van der Waals surface area contributed by atoms with Gasteiger partial charge >= 0.3 is 6.09 Å². The van der Waals surface area contributed by atoms with Gasteiger partial charge in [0.05, 0.1) is 12.2 Å². The number of hydrogen-bond donors (Lipinski definition) is 1. The minimum Gasteiger partial charge on any atom is -0.486 e. The Morgan fingerprint density at radius 3 is 2.75 bits per heavy atom. The van der Waals surface area contributed by atoms with E-state index in [1.165, 1.54) is 0 Å². The number of piperidine rings is 1. The Kier molecular flexibility index (Phi) is 5.08. The van der Waals surface area contributed by atoms with Crippen LogP contribution in [-0.2, 0) is 4.74 Å². The van der Waals surface area contributed by atoms with Gasteiger partial charge in [-0.15, -0.1) is 0 Å². The number of carbonyl (C=O) groups is 2. The molecule has 0 saturated carbocycles. The molecule has 2 aliphatic rings. The van der Waals surface area contributed by atoms with Crippen LogP contribution in [0, 0.1) is 0 Å². The molecule has 2 amide bonds. The van der Waals surface area contributed by atoms with Gasteiger partial charge in [-0.05, 0) is 31.9 Å². The highest BCUT2D eigenvalue weighted by atomic mass is 16.6. The van der Waals surface area contributed by atoms with Crippen molar-refractivity contribution >= 4 is 12.0 Å². The van der Waals surface area contributed by atoms with Gasteiger partial charge in [-0.1, -0.05) is 6.07 Å². The molecule has 2 aliphatic heterocycles. The van der Waals surface area contributed by atoms with E-state index >= 15 is 0 Å². The zero-order chi connectivity index (χ0) is 16.9. The first-order valence-electron chi connectivity index (χ1n) is 8.30. The number of carbonyl (C=O) groups excluding carboxylic acids is 2. The van der Waals surface area contributed by atoms with E-state index < -0.39 is 0 Å². The Morgan fingerprint density at radius 1 is 1.25 bits per heavy atom. The zero-order valence-electron chi connectivity index (χ0n) is 13.7. The topological polar surface area (TPSA) is 77.1 Å².